The van der Waals surface area contributed by atoms with Crippen molar-refractivity contribution in [1.82, 2.24) is 0 Å². The molecule has 0 aromatic carbocycles. The monoisotopic (exact) mass is 384 g/mol. The highest BCUT2D eigenvalue weighted by Gasteiger charge is 2.34. The second-order valence-corrected chi connectivity index (χ2v) is 10.6. The van der Waals surface area contributed by atoms with E-state index in [2.05, 4.69) is 25.7 Å². The Morgan fingerprint density at radius 3 is 1.96 bits per heavy atom. The summed E-state index contributed by atoms with van der Waals surface area (Å²) in [5.41, 5.74) is 1.34. The zero-order valence-corrected chi connectivity index (χ0v) is 18.1. The van der Waals surface area contributed by atoms with Gasteiger partial charge in [0.05, 0.1) is 0 Å². The molecular weight excluding hydrogens is 343 g/mol. The van der Waals surface area contributed by atoms with Gasteiger partial charge in [0.2, 0.25) is 0 Å². The molecule has 0 nitrogen and oxygen atoms in total. The lowest BCUT2D eigenvalue weighted by molar-refractivity contribution is 0.164. The van der Waals surface area contributed by atoms with E-state index in [4.69, 9.17) is 0 Å². The number of hydrogen-bond donors (Lipinski definition) is 0. The fourth-order valence-electron chi connectivity index (χ4n) is 6.87. The lowest BCUT2D eigenvalue weighted by Crippen LogP contribution is -2.27. The van der Waals surface area contributed by atoms with Gasteiger partial charge in [-0.05, 0) is 118 Å². The van der Waals surface area contributed by atoms with Crippen LogP contribution in [0, 0.1) is 41.4 Å². The molecule has 0 spiro atoms. The Balaban J connectivity index is 1.27. The van der Waals surface area contributed by atoms with Crippen molar-refractivity contribution in [3.63, 3.8) is 0 Å². The number of rotatable bonds is 4. The zero-order chi connectivity index (χ0) is 19.5. The minimum absolute atomic E-state index is 0.188. The van der Waals surface area contributed by atoms with Gasteiger partial charge in [-0.2, -0.15) is 0 Å². The van der Waals surface area contributed by atoms with Crippen molar-refractivity contribution in [2.45, 2.75) is 90.4 Å². The summed E-state index contributed by atoms with van der Waals surface area (Å²) in [5.74, 6) is 5.10. The molecule has 1 heteroatoms. The van der Waals surface area contributed by atoms with Gasteiger partial charge in [0.15, 0.2) is 0 Å². The molecule has 156 valence electrons. The third kappa shape index (κ3) is 4.65. The normalized spacial score (nSPS) is 42.4. The molecule has 0 heterocycles. The summed E-state index contributed by atoms with van der Waals surface area (Å²) in [7, 11) is 0. The number of allylic oxidation sites excluding steroid dienone is 5. The molecule has 3 saturated carbocycles. The predicted octanol–water partition coefficient (Wildman–Crippen LogP) is 8.41. The Morgan fingerprint density at radius 1 is 0.821 bits per heavy atom. The maximum Gasteiger partial charge on any atom is 0.104 e. The Labute approximate surface area is 172 Å². The highest BCUT2D eigenvalue weighted by atomic mass is 19.1. The molecule has 0 radical (unpaired) electrons. The molecule has 3 fully saturated rings. The zero-order valence-electron chi connectivity index (χ0n) is 18.1. The van der Waals surface area contributed by atoms with Crippen molar-refractivity contribution in [2.24, 2.45) is 41.4 Å². The predicted molar refractivity (Wildman–Crippen MR) is 118 cm³/mol. The average molecular weight is 385 g/mol. The number of halogens is 1. The molecule has 4 aliphatic carbocycles. The van der Waals surface area contributed by atoms with Crippen LogP contribution >= 0.6 is 0 Å². The summed E-state index contributed by atoms with van der Waals surface area (Å²) in [6.45, 7) is 6.34. The summed E-state index contributed by atoms with van der Waals surface area (Å²) in [4.78, 5) is 0. The van der Waals surface area contributed by atoms with Gasteiger partial charge in [0.25, 0.3) is 0 Å². The van der Waals surface area contributed by atoms with Crippen molar-refractivity contribution < 1.29 is 4.39 Å². The molecular formula is C27H41F. The maximum absolute atomic E-state index is 15.0. The lowest BCUT2D eigenvalue weighted by Gasteiger charge is -2.38. The van der Waals surface area contributed by atoms with E-state index < -0.39 is 0 Å². The first-order valence-electron chi connectivity index (χ1n) is 12.3. The lowest BCUT2D eigenvalue weighted by atomic mass is 9.67. The first-order valence-corrected chi connectivity index (χ1v) is 12.3. The van der Waals surface area contributed by atoms with Gasteiger partial charge >= 0.3 is 0 Å². The smallest absolute Gasteiger partial charge is 0.104 e. The molecule has 0 aliphatic heterocycles. The van der Waals surface area contributed by atoms with Crippen LogP contribution in [-0.2, 0) is 0 Å². The molecule has 4 rings (SSSR count). The van der Waals surface area contributed by atoms with Crippen LogP contribution in [-0.4, -0.2) is 0 Å². The van der Waals surface area contributed by atoms with Crippen molar-refractivity contribution in [1.29, 1.82) is 0 Å². The highest BCUT2D eigenvalue weighted by Crippen LogP contribution is 2.46. The molecule has 0 bridgehead atoms. The fraction of sp³-hybridized carbons (Fsp3) is 0.778. The standard InChI is InChI=1S/C27H41F/c1-3-20-6-10-21(11-7-20)22-12-14-23(15-13-22)25-16-17-26(27(28)18-25)24-8-4-19(2)5-9-24/h3,16,18-24,26H,1,4-15,17H2,2H3. The van der Waals surface area contributed by atoms with Gasteiger partial charge in [-0.25, -0.2) is 4.39 Å². The van der Waals surface area contributed by atoms with E-state index in [0.29, 0.717) is 11.8 Å². The van der Waals surface area contributed by atoms with E-state index >= 15 is 0 Å². The quantitative estimate of drug-likeness (QED) is 0.427. The van der Waals surface area contributed by atoms with Crippen molar-refractivity contribution >= 4 is 0 Å². The second kappa shape index (κ2) is 9.31. The van der Waals surface area contributed by atoms with Crippen molar-refractivity contribution in [2.75, 3.05) is 0 Å². The van der Waals surface area contributed by atoms with Crippen LogP contribution in [0.4, 0.5) is 4.39 Å². The molecule has 0 aromatic rings. The first-order chi connectivity index (χ1) is 13.6. The van der Waals surface area contributed by atoms with Crippen molar-refractivity contribution in [3.05, 3.63) is 36.2 Å². The summed E-state index contributed by atoms with van der Waals surface area (Å²) in [6.07, 6.45) is 23.4. The molecule has 0 aromatic heterocycles. The molecule has 0 saturated heterocycles. The molecule has 0 N–H and O–H groups in total. The van der Waals surface area contributed by atoms with Crippen LogP contribution in [0.25, 0.3) is 0 Å². The SMILES string of the molecule is C=CC1CCC(C2CCC(C3=CCC(C4CCC(C)CC4)C(F)=C3)CC2)CC1. The largest absolute Gasteiger partial charge is 0.211 e. The van der Waals surface area contributed by atoms with Crippen molar-refractivity contribution in [3.8, 4) is 0 Å². The van der Waals surface area contributed by atoms with E-state index in [1.807, 2.05) is 6.08 Å². The third-order valence-electron chi connectivity index (χ3n) is 8.96. The summed E-state index contributed by atoms with van der Waals surface area (Å²) in [5, 5.41) is 0. The molecule has 0 amide bonds. The summed E-state index contributed by atoms with van der Waals surface area (Å²) < 4.78 is 15.0. The van der Waals surface area contributed by atoms with Gasteiger partial charge in [-0.3, -0.25) is 0 Å². The van der Waals surface area contributed by atoms with Crippen LogP contribution < -0.4 is 0 Å². The Morgan fingerprint density at radius 2 is 1.39 bits per heavy atom. The first kappa shape index (κ1) is 20.4. The van der Waals surface area contributed by atoms with Gasteiger partial charge in [0, 0.05) is 5.92 Å². The Kier molecular flexibility index (Phi) is 6.79. The topological polar surface area (TPSA) is 0 Å². The molecule has 1 atom stereocenters. The summed E-state index contributed by atoms with van der Waals surface area (Å²) in [6, 6.07) is 0. The van der Waals surface area contributed by atoms with Gasteiger partial charge in [0.1, 0.15) is 5.83 Å². The van der Waals surface area contributed by atoms with Crippen LogP contribution in [0.2, 0.25) is 0 Å². The third-order valence-corrected chi connectivity index (χ3v) is 8.96. The van der Waals surface area contributed by atoms with E-state index in [1.54, 1.807) is 0 Å². The Hall–Kier alpha value is -0.850. The van der Waals surface area contributed by atoms with Crippen LogP contribution in [0.5, 0.6) is 0 Å². The van der Waals surface area contributed by atoms with E-state index in [0.717, 1.165) is 30.1 Å². The van der Waals surface area contributed by atoms with Gasteiger partial charge in [-0.15, -0.1) is 6.58 Å². The minimum Gasteiger partial charge on any atom is -0.211 e. The van der Waals surface area contributed by atoms with E-state index in [1.165, 1.54) is 82.6 Å². The Bertz CT molecular complexity index is 575. The van der Waals surface area contributed by atoms with Crippen LogP contribution in [0.3, 0.4) is 0 Å². The highest BCUT2D eigenvalue weighted by molar-refractivity contribution is 5.30. The molecule has 1 unspecified atom stereocenters. The van der Waals surface area contributed by atoms with Gasteiger partial charge in [-0.1, -0.05) is 31.9 Å². The van der Waals surface area contributed by atoms with Gasteiger partial charge < -0.3 is 0 Å². The average Bonchev–Trinajstić information content (AvgIpc) is 2.75. The fourth-order valence-corrected chi connectivity index (χ4v) is 6.87. The number of hydrogen-bond acceptors (Lipinski definition) is 0. The van der Waals surface area contributed by atoms with E-state index in [9.17, 15) is 4.39 Å². The minimum atomic E-state index is 0.188. The second-order valence-electron chi connectivity index (χ2n) is 10.6. The van der Waals surface area contributed by atoms with E-state index in [-0.39, 0.29) is 11.7 Å². The molecule has 28 heavy (non-hydrogen) atoms. The maximum atomic E-state index is 15.0. The van der Waals surface area contributed by atoms with Crippen LogP contribution in [0.1, 0.15) is 90.4 Å². The van der Waals surface area contributed by atoms with Crippen LogP contribution in [0.15, 0.2) is 36.2 Å². The summed E-state index contributed by atoms with van der Waals surface area (Å²) >= 11 is 0. The molecule has 4 aliphatic rings.